The molecule has 5 heteroatoms. The molecule has 18 heavy (non-hydrogen) atoms. The van der Waals surface area contributed by atoms with Crippen molar-refractivity contribution in [3.05, 3.63) is 41.5 Å². The lowest BCUT2D eigenvalue weighted by molar-refractivity contribution is -0.116. The number of aromatic nitrogens is 2. The van der Waals surface area contributed by atoms with Crippen molar-refractivity contribution in [1.82, 2.24) is 10.1 Å². The average Bonchev–Trinajstić information content (AvgIpc) is 2.76. The highest BCUT2D eigenvalue weighted by atomic mass is 16.5. The molecule has 1 heterocycles. The summed E-state index contributed by atoms with van der Waals surface area (Å²) in [5.74, 6) is 1.74. The van der Waals surface area contributed by atoms with Crippen LogP contribution < -0.4 is 4.74 Å². The van der Waals surface area contributed by atoms with E-state index in [9.17, 15) is 4.79 Å². The van der Waals surface area contributed by atoms with E-state index in [4.69, 9.17) is 9.26 Å². The van der Waals surface area contributed by atoms with Crippen LogP contribution >= 0.6 is 0 Å². The first-order chi connectivity index (χ1) is 8.67. The van der Waals surface area contributed by atoms with E-state index in [1.54, 1.807) is 7.11 Å². The van der Waals surface area contributed by atoms with Gasteiger partial charge in [0.2, 0.25) is 5.89 Å². The van der Waals surface area contributed by atoms with Gasteiger partial charge in [-0.1, -0.05) is 17.3 Å². The Morgan fingerprint density at radius 1 is 1.44 bits per heavy atom. The van der Waals surface area contributed by atoms with Gasteiger partial charge < -0.3 is 9.26 Å². The molecular formula is C13H14N2O3. The van der Waals surface area contributed by atoms with Gasteiger partial charge in [0.05, 0.1) is 20.0 Å². The number of nitrogens with zero attached hydrogens (tertiary/aromatic N) is 2. The maximum absolute atomic E-state index is 10.9. The summed E-state index contributed by atoms with van der Waals surface area (Å²) in [5, 5.41) is 3.76. The first kappa shape index (κ1) is 12.3. The summed E-state index contributed by atoms with van der Waals surface area (Å²) < 4.78 is 10.2. The zero-order valence-corrected chi connectivity index (χ0v) is 10.3. The summed E-state index contributed by atoms with van der Waals surface area (Å²) in [5.41, 5.74) is 1.02. The van der Waals surface area contributed by atoms with E-state index in [2.05, 4.69) is 10.1 Å². The van der Waals surface area contributed by atoms with Gasteiger partial charge in [-0.2, -0.15) is 4.98 Å². The highest BCUT2D eigenvalue weighted by Gasteiger charge is 2.09. The number of methoxy groups -OCH3 is 1. The number of hydrogen-bond acceptors (Lipinski definition) is 5. The van der Waals surface area contributed by atoms with Gasteiger partial charge in [-0.25, -0.2) is 0 Å². The summed E-state index contributed by atoms with van der Waals surface area (Å²) in [6.07, 6.45) is 0.740. The Labute approximate surface area is 105 Å². The Hall–Kier alpha value is -2.17. The molecule has 0 bridgehead atoms. The predicted molar refractivity (Wildman–Crippen MR) is 64.5 cm³/mol. The number of ketones is 1. The standard InChI is InChI=1S/C13H14N2O3/c1-9(16)6-12-14-13(18-15-12)8-10-4-3-5-11(7-10)17-2/h3-5,7H,6,8H2,1-2H3. The molecule has 5 nitrogen and oxygen atoms in total. The molecule has 0 amide bonds. The molecule has 1 aromatic heterocycles. The van der Waals surface area contributed by atoms with E-state index in [1.807, 2.05) is 24.3 Å². The van der Waals surface area contributed by atoms with E-state index < -0.39 is 0 Å². The summed E-state index contributed by atoms with van der Waals surface area (Å²) in [7, 11) is 1.62. The summed E-state index contributed by atoms with van der Waals surface area (Å²) in [6.45, 7) is 1.50. The number of rotatable bonds is 5. The van der Waals surface area contributed by atoms with Crippen molar-refractivity contribution >= 4 is 5.78 Å². The largest absolute Gasteiger partial charge is 0.497 e. The SMILES string of the molecule is COc1cccc(Cc2nc(CC(C)=O)no2)c1. The summed E-state index contributed by atoms with van der Waals surface area (Å²) >= 11 is 0. The normalized spacial score (nSPS) is 10.3. The molecule has 0 spiro atoms. The van der Waals surface area contributed by atoms with Crippen molar-refractivity contribution < 1.29 is 14.1 Å². The van der Waals surface area contributed by atoms with Crippen molar-refractivity contribution in [2.45, 2.75) is 19.8 Å². The smallest absolute Gasteiger partial charge is 0.231 e. The van der Waals surface area contributed by atoms with Gasteiger partial charge in [-0.05, 0) is 24.6 Å². The molecule has 0 aliphatic heterocycles. The topological polar surface area (TPSA) is 65.2 Å². The molecule has 2 aromatic rings. The summed E-state index contributed by atoms with van der Waals surface area (Å²) in [6, 6.07) is 7.64. The first-order valence-corrected chi connectivity index (χ1v) is 5.61. The second-order valence-corrected chi connectivity index (χ2v) is 4.01. The van der Waals surface area contributed by atoms with Crippen LogP contribution in [0.3, 0.4) is 0 Å². The van der Waals surface area contributed by atoms with Crippen LogP contribution in [0.2, 0.25) is 0 Å². The second kappa shape index (κ2) is 5.44. The van der Waals surface area contributed by atoms with Crippen molar-refractivity contribution in [3.8, 4) is 5.75 Å². The molecule has 0 saturated carbocycles. The highest BCUT2D eigenvalue weighted by molar-refractivity contribution is 5.77. The maximum Gasteiger partial charge on any atom is 0.231 e. The van der Waals surface area contributed by atoms with E-state index in [1.165, 1.54) is 6.92 Å². The zero-order chi connectivity index (χ0) is 13.0. The van der Waals surface area contributed by atoms with E-state index in [-0.39, 0.29) is 12.2 Å². The Morgan fingerprint density at radius 3 is 3.00 bits per heavy atom. The number of ether oxygens (including phenoxy) is 1. The van der Waals surface area contributed by atoms with Crippen LogP contribution in [0, 0.1) is 0 Å². The minimum Gasteiger partial charge on any atom is -0.497 e. The number of benzene rings is 1. The maximum atomic E-state index is 10.9. The van der Waals surface area contributed by atoms with Gasteiger partial charge in [-0.3, -0.25) is 4.79 Å². The fraction of sp³-hybridized carbons (Fsp3) is 0.308. The van der Waals surface area contributed by atoms with Crippen LogP contribution in [-0.4, -0.2) is 23.0 Å². The van der Waals surface area contributed by atoms with Crippen molar-refractivity contribution in [1.29, 1.82) is 0 Å². The Balaban J connectivity index is 2.08. The van der Waals surface area contributed by atoms with E-state index in [0.29, 0.717) is 18.1 Å². The number of Topliss-reactive ketones (excluding diaryl/α,β-unsaturated/α-hetero) is 1. The minimum absolute atomic E-state index is 0.0173. The van der Waals surface area contributed by atoms with Crippen LogP contribution in [0.5, 0.6) is 5.75 Å². The minimum atomic E-state index is 0.0173. The van der Waals surface area contributed by atoms with Crippen molar-refractivity contribution in [2.24, 2.45) is 0 Å². The van der Waals surface area contributed by atoms with Crippen LogP contribution in [0.1, 0.15) is 24.2 Å². The molecule has 94 valence electrons. The molecule has 2 rings (SSSR count). The quantitative estimate of drug-likeness (QED) is 0.804. The fourth-order valence-corrected chi connectivity index (χ4v) is 1.61. The highest BCUT2D eigenvalue weighted by Crippen LogP contribution is 2.15. The van der Waals surface area contributed by atoms with Gasteiger partial charge in [0, 0.05) is 0 Å². The lowest BCUT2D eigenvalue weighted by Gasteiger charge is -2.01. The Bertz CT molecular complexity index is 549. The third-order valence-electron chi connectivity index (χ3n) is 2.41. The molecule has 0 aliphatic carbocycles. The van der Waals surface area contributed by atoms with E-state index in [0.717, 1.165) is 11.3 Å². The number of carbonyl (C=O) groups excluding carboxylic acids is 1. The Morgan fingerprint density at radius 2 is 2.28 bits per heavy atom. The van der Waals surface area contributed by atoms with Crippen LogP contribution in [0.4, 0.5) is 0 Å². The van der Waals surface area contributed by atoms with Crippen molar-refractivity contribution in [3.63, 3.8) is 0 Å². The molecule has 0 aliphatic rings. The zero-order valence-electron chi connectivity index (χ0n) is 10.3. The third kappa shape index (κ3) is 3.16. The summed E-state index contributed by atoms with van der Waals surface area (Å²) in [4.78, 5) is 15.1. The molecule has 1 aromatic carbocycles. The number of hydrogen-bond donors (Lipinski definition) is 0. The average molecular weight is 246 g/mol. The molecule has 0 N–H and O–H groups in total. The van der Waals surface area contributed by atoms with E-state index >= 15 is 0 Å². The lowest BCUT2D eigenvalue weighted by Crippen LogP contribution is -1.98. The van der Waals surface area contributed by atoms with Gasteiger partial charge in [-0.15, -0.1) is 0 Å². The third-order valence-corrected chi connectivity index (χ3v) is 2.41. The molecule has 0 saturated heterocycles. The fourth-order valence-electron chi connectivity index (χ4n) is 1.61. The van der Waals surface area contributed by atoms with Crippen LogP contribution in [-0.2, 0) is 17.6 Å². The molecular weight excluding hydrogens is 232 g/mol. The van der Waals surface area contributed by atoms with Gasteiger partial charge >= 0.3 is 0 Å². The van der Waals surface area contributed by atoms with Gasteiger partial charge in [0.15, 0.2) is 5.82 Å². The number of carbonyl (C=O) groups is 1. The molecule has 0 fully saturated rings. The van der Waals surface area contributed by atoms with Crippen molar-refractivity contribution in [2.75, 3.05) is 7.11 Å². The van der Waals surface area contributed by atoms with Crippen LogP contribution in [0.25, 0.3) is 0 Å². The van der Waals surface area contributed by atoms with Gasteiger partial charge in [0.25, 0.3) is 0 Å². The molecule has 0 unspecified atom stereocenters. The predicted octanol–water partition coefficient (Wildman–Crippen LogP) is 1.80. The Kier molecular flexibility index (Phi) is 3.72. The monoisotopic (exact) mass is 246 g/mol. The van der Waals surface area contributed by atoms with Gasteiger partial charge in [0.1, 0.15) is 11.5 Å². The lowest BCUT2D eigenvalue weighted by atomic mass is 10.1. The molecule has 0 radical (unpaired) electrons. The second-order valence-electron chi connectivity index (χ2n) is 4.01. The van der Waals surface area contributed by atoms with Crippen LogP contribution in [0.15, 0.2) is 28.8 Å². The first-order valence-electron chi connectivity index (χ1n) is 5.61. The molecule has 0 atom stereocenters.